The Morgan fingerprint density at radius 1 is 1.11 bits per heavy atom. The molecule has 35 heavy (non-hydrogen) atoms. The predicted octanol–water partition coefficient (Wildman–Crippen LogP) is 3.46. The number of aliphatic imine (C=N–C) groups is 1. The summed E-state index contributed by atoms with van der Waals surface area (Å²) in [5, 5.41) is 5.42. The molecule has 11 heteroatoms. The second-order valence-electron chi connectivity index (χ2n) is 8.30. The van der Waals surface area contributed by atoms with Crippen LogP contribution >= 0.6 is 0 Å². The lowest BCUT2D eigenvalue weighted by Gasteiger charge is -2.37. The first-order chi connectivity index (χ1) is 16.8. The molecule has 0 aliphatic carbocycles. The number of nitrogens with two attached hydrogens (primary N) is 1. The van der Waals surface area contributed by atoms with Gasteiger partial charge < -0.3 is 15.5 Å². The van der Waals surface area contributed by atoms with Gasteiger partial charge in [0.05, 0.1) is 18.0 Å². The summed E-state index contributed by atoms with van der Waals surface area (Å²) in [4.78, 5) is 25.1. The maximum absolute atomic E-state index is 14.5. The van der Waals surface area contributed by atoms with Gasteiger partial charge in [0.25, 0.3) is 0 Å². The molecule has 1 aromatic heterocycles. The van der Waals surface area contributed by atoms with Crippen molar-refractivity contribution < 1.29 is 18.0 Å². The molecule has 1 unspecified atom stereocenters. The Morgan fingerprint density at radius 2 is 1.80 bits per heavy atom. The van der Waals surface area contributed by atoms with Crippen molar-refractivity contribution in [2.75, 3.05) is 38.1 Å². The van der Waals surface area contributed by atoms with E-state index >= 15 is 0 Å². The number of carbonyl (C=O) groups excluding carboxylic acids is 1. The van der Waals surface area contributed by atoms with Crippen molar-refractivity contribution >= 4 is 23.8 Å². The number of rotatable bonds is 4. The standard InChI is InChI=1S/C24H26F3N7O/c1-15(13-28)23(29-2)19-12-22(30-14-20(19)27)32-5-7-33(8-6-32)24(35)34-21(3-4-31-34)16-9-17(25)11-18(26)10-16/h4,9-14,21H,3,5-8,28H2,1-2H3. The molecular formula is C24H26F3N7O. The van der Waals surface area contributed by atoms with Gasteiger partial charge in [-0.3, -0.25) is 4.99 Å². The Balaban J connectivity index is 1.46. The van der Waals surface area contributed by atoms with Gasteiger partial charge in [-0.05, 0) is 42.5 Å². The molecule has 4 rings (SSSR count). The van der Waals surface area contributed by atoms with E-state index in [1.807, 2.05) is 4.90 Å². The largest absolute Gasteiger partial charge is 0.404 e. The molecule has 1 saturated heterocycles. The number of hydrogen-bond donors (Lipinski definition) is 1. The molecule has 184 valence electrons. The summed E-state index contributed by atoms with van der Waals surface area (Å²) < 4.78 is 41.9. The number of allylic oxidation sites excluding steroid dienone is 1. The van der Waals surface area contributed by atoms with E-state index in [0.29, 0.717) is 60.8 Å². The van der Waals surface area contributed by atoms with Gasteiger partial charge in [0.1, 0.15) is 17.5 Å². The van der Waals surface area contributed by atoms with Crippen LogP contribution in [-0.2, 0) is 0 Å². The summed E-state index contributed by atoms with van der Waals surface area (Å²) in [5.74, 6) is -1.34. The maximum Gasteiger partial charge on any atom is 0.341 e. The Hall–Kier alpha value is -3.89. The number of pyridine rings is 1. The highest BCUT2D eigenvalue weighted by Crippen LogP contribution is 2.30. The zero-order valence-electron chi connectivity index (χ0n) is 19.5. The monoisotopic (exact) mass is 485 g/mol. The molecule has 0 bridgehead atoms. The third kappa shape index (κ3) is 4.98. The van der Waals surface area contributed by atoms with Gasteiger partial charge in [0.2, 0.25) is 0 Å². The van der Waals surface area contributed by atoms with Crippen LogP contribution in [0.3, 0.4) is 0 Å². The predicted molar refractivity (Wildman–Crippen MR) is 128 cm³/mol. The molecule has 0 saturated carbocycles. The van der Waals surface area contributed by atoms with E-state index in [1.54, 1.807) is 31.2 Å². The minimum atomic E-state index is -0.701. The number of piperazine rings is 1. The van der Waals surface area contributed by atoms with Gasteiger partial charge in [0, 0.05) is 57.5 Å². The van der Waals surface area contributed by atoms with Crippen molar-refractivity contribution in [1.29, 1.82) is 0 Å². The highest BCUT2D eigenvalue weighted by molar-refractivity contribution is 6.12. The lowest BCUT2D eigenvalue weighted by atomic mass is 10.0. The van der Waals surface area contributed by atoms with Crippen LogP contribution in [0.2, 0.25) is 0 Å². The molecule has 2 N–H and O–H groups in total. The van der Waals surface area contributed by atoms with Crippen molar-refractivity contribution in [3.05, 3.63) is 70.8 Å². The van der Waals surface area contributed by atoms with E-state index < -0.39 is 23.5 Å². The van der Waals surface area contributed by atoms with E-state index in [9.17, 15) is 18.0 Å². The van der Waals surface area contributed by atoms with Crippen LogP contribution in [0.25, 0.3) is 0 Å². The summed E-state index contributed by atoms with van der Waals surface area (Å²) in [6.45, 7) is 3.42. The van der Waals surface area contributed by atoms with Crippen molar-refractivity contribution in [2.24, 2.45) is 15.8 Å². The first-order valence-corrected chi connectivity index (χ1v) is 11.2. The van der Waals surface area contributed by atoms with Crippen molar-refractivity contribution in [3.63, 3.8) is 0 Å². The highest BCUT2D eigenvalue weighted by atomic mass is 19.1. The van der Waals surface area contributed by atoms with Crippen LogP contribution in [0.1, 0.15) is 30.5 Å². The number of hydrazone groups is 1. The maximum atomic E-state index is 14.5. The lowest BCUT2D eigenvalue weighted by Crippen LogP contribution is -2.52. The van der Waals surface area contributed by atoms with Crippen LogP contribution in [-0.4, -0.2) is 66.1 Å². The highest BCUT2D eigenvalue weighted by Gasteiger charge is 2.33. The number of nitrogens with zero attached hydrogens (tertiary/aromatic N) is 6. The van der Waals surface area contributed by atoms with Crippen molar-refractivity contribution in [2.45, 2.75) is 19.4 Å². The number of anilines is 1. The first kappa shape index (κ1) is 24.2. The molecule has 1 aromatic carbocycles. The molecule has 2 aliphatic rings. The summed E-state index contributed by atoms with van der Waals surface area (Å²) in [6, 6.07) is 3.94. The van der Waals surface area contributed by atoms with Gasteiger partial charge in [-0.15, -0.1) is 0 Å². The minimum absolute atomic E-state index is 0.298. The van der Waals surface area contributed by atoms with E-state index in [0.717, 1.165) is 12.3 Å². The fourth-order valence-electron chi connectivity index (χ4n) is 4.28. The van der Waals surface area contributed by atoms with Crippen LogP contribution in [0.15, 0.2) is 52.3 Å². The summed E-state index contributed by atoms with van der Waals surface area (Å²) in [6.07, 6.45) is 4.46. The zero-order valence-corrected chi connectivity index (χ0v) is 19.5. The molecule has 2 aromatic rings. The molecule has 1 fully saturated rings. The number of benzene rings is 1. The minimum Gasteiger partial charge on any atom is -0.404 e. The first-order valence-electron chi connectivity index (χ1n) is 11.2. The fraction of sp³-hybridized carbons (Fsp3) is 0.333. The second-order valence-corrected chi connectivity index (χ2v) is 8.30. The number of aromatic nitrogens is 1. The van der Waals surface area contributed by atoms with Gasteiger partial charge in [-0.2, -0.15) is 5.10 Å². The molecule has 3 heterocycles. The fourth-order valence-corrected chi connectivity index (χ4v) is 4.28. The smallest absolute Gasteiger partial charge is 0.341 e. The van der Waals surface area contributed by atoms with Crippen molar-refractivity contribution in [1.82, 2.24) is 14.9 Å². The van der Waals surface area contributed by atoms with E-state index in [2.05, 4.69) is 15.1 Å². The topological polar surface area (TPSA) is 90.4 Å². The zero-order chi connectivity index (χ0) is 25.1. The number of urea groups is 1. The summed E-state index contributed by atoms with van der Waals surface area (Å²) in [7, 11) is 1.57. The number of hydrogen-bond acceptors (Lipinski definition) is 6. The average molecular weight is 486 g/mol. The Morgan fingerprint density at radius 3 is 2.43 bits per heavy atom. The third-order valence-electron chi connectivity index (χ3n) is 6.11. The Labute approximate surface area is 201 Å². The SMILES string of the molecule is CN=C(C(C)=CN)c1cc(N2CCN(C(=O)N3N=CCC3c3cc(F)cc(F)c3)CC2)ncc1F. The number of amides is 2. The number of carbonyl (C=O) groups is 1. The van der Waals surface area contributed by atoms with Gasteiger partial charge in [-0.25, -0.2) is 28.0 Å². The quantitative estimate of drug-likeness (QED) is 0.672. The van der Waals surface area contributed by atoms with Gasteiger partial charge in [0.15, 0.2) is 5.82 Å². The Kier molecular flexibility index (Phi) is 7.04. The van der Waals surface area contributed by atoms with Crippen LogP contribution in [0.4, 0.5) is 23.8 Å². The van der Waals surface area contributed by atoms with Crippen LogP contribution in [0.5, 0.6) is 0 Å². The molecule has 0 spiro atoms. The Bertz CT molecular complexity index is 1190. The third-order valence-corrected chi connectivity index (χ3v) is 6.11. The molecule has 8 nitrogen and oxygen atoms in total. The summed E-state index contributed by atoms with van der Waals surface area (Å²) in [5.41, 5.74) is 7.32. The van der Waals surface area contributed by atoms with E-state index in [4.69, 9.17) is 5.73 Å². The molecule has 2 amide bonds. The van der Waals surface area contributed by atoms with E-state index in [-0.39, 0.29) is 6.03 Å². The van der Waals surface area contributed by atoms with Crippen LogP contribution in [0, 0.1) is 17.5 Å². The van der Waals surface area contributed by atoms with Crippen molar-refractivity contribution in [3.8, 4) is 0 Å². The van der Waals surface area contributed by atoms with Gasteiger partial charge in [-0.1, -0.05) is 0 Å². The second kappa shape index (κ2) is 10.2. The average Bonchev–Trinajstić information content (AvgIpc) is 3.34. The molecule has 2 aliphatic heterocycles. The van der Waals surface area contributed by atoms with Gasteiger partial charge >= 0.3 is 6.03 Å². The normalized spacial score (nSPS) is 19.0. The number of halogens is 3. The van der Waals surface area contributed by atoms with E-state index in [1.165, 1.54) is 23.3 Å². The summed E-state index contributed by atoms with van der Waals surface area (Å²) >= 11 is 0. The molecular weight excluding hydrogens is 459 g/mol. The van der Waals surface area contributed by atoms with Crippen LogP contribution < -0.4 is 10.6 Å². The molecule has 1 atom stereocenters. The molecule has 0 radical (unpaired) electrons. The lowest BCUT2D eigenvalue weighted by molar-refractivity contribution is 0.139.